The number of carbonyl (C=O) groups is 2. The van der Waals surface area contributed by atoms with Gasteiger partial charge in [0.2, 0.25) is 0 Å². The summed E-state index contributed by atoms with van der Waals surface area (Å²) < 4.78 is 0.784. The summed E-state index contributed by atoms with van der Waals surface area (Å²) in [7, 11) is 0. The highest BCUT2D eigenvalue weighted by molar-refractivity contribution is 9.10. The fourth-order valence-electron chi connectivity index (χ4n) is 3.92. The Kier molecular flexibility index (Phi) is 3.37. The predicted octanol–water partition coefficient (Wildman–Crippen LogP) is 2.69. The maximum Gasteiger partial charge on any atom is 0.254 e. The molecule has 4 aliphatic rings. The number of aromatic hydroxyl groups is 1. The second-order valence-electron chi connectivity index (χ2n) is 6.28. The van der Waals surface area contributed by atoms with Gasteiger partial charge in [-0.1, -0.05) is 28.1 Å². The number of benzene rings is 1. The highest BCUT2D eigenvalue weighted by atomic mass is 79.9. The van der Waals surface area contributed by atoms with Crippen LogP contribution in [0.3, 0.4) is 0 Å². The maximum absolute atomic E-state index is 12.6. The van der Waals surface area contributed by atoms with E-state index in [1.807, 2.05) is 0 Å². The summed E-state index contributed by atoms with van der Waals surface area (Å²) in [5.74, 6) is -0.606. The summed E-state index contributed by atoms with van der Waals surface area (Å²) in [6.07, 6.45) is 7.45. The summed E-state index contributed by atoms with van der Waals surface area (Å²) in [6.45, 7) is 0. The monoisotopic (exact) mass is 374 g/mol. The summed E-state index contributed by atoms with van der Waals surface area (Å²) in [5, 5.41) is 14.9. The summed E-state index contributed by atoms with van der Waals surface area (Å²) in [6, 6.07) is 4.92. The van der Waals surface area contributed by atoms with Gasteiger partial charge in [0.05, 0.1) is 18.1 Å². The number of fused-ring (bicyclic) bond motifs is 1. The van der Waals surface area contributed by atoms with Crippen molar-refractivity contribution in [3.8, 4) is 5.75 Å². The zero-order valence-electron chi connectivity index (χ0n) is 12.2. The average molecular weight is 375 g/mol. The van der Waals surface area contributed by atoms with Crippen molar-refractivity contribution in [2.75, 3.05) is 0 Å². The first-order valence-electron chi connectivity index (χ1n) is 7.65. The van der Waals surface area contributed by atoms with Crippen LogP contribution in [0.1, 0.15) is 18.4 Å². The Morgan fingerprint density at radius 3 is 2.30 bits per heavy atom. The maximum atomic E-state index is 12.6. The molecule has 0 aromatic heterocycles. The topological polar surface area (TPSA) is 70.0 Å². The third-order valence-corrected chi connectivity index (χ3v) is 5.53. The van der Waals surface area contributed by atoms with Crippen molar-refractivity contribution >= 4 is 34.0 Å². The Balaban J connectivity index is 1.63. The molecule has 6 heteroatoms. The normalized spacial score (nSPS) is 32.1. The van der Waals surface area contributed by atoms with Crippen LogP contribution >= 0.6 is 15.9 Å². The second-order valence-corrected chi connectivity index (χ2v) is 7.19. The van der Waals surface area contributed by atoms with Gasteiger partial charge in [-0.25, -0.2) is 0 Å². The zero-order chi connectivity index (χ0) is 16.1. The van der Waals surface area contributed by atoms with Gasteiger partial charge in [0.25, 0.3) is 11.8 Å². The molecule has 118 valence electrons. The van der Waals surface area contributed by atoms with Crippen molar-refractivity contribution in [1.29, 1.82) is 0 Å². The van der Waals surface area contributed by atoms with Gasteiger partial charge < -0.3 is 5.11 Å². The van der Waals surface area contributed by atoms with Crippen LogP contribution in [0.25, 0.3) is 0 Å². The van der Waals surface area contributed by atoms with Gasteiger partial charge in [-0.2, -0.15) is 10.1 Å². The molecule has 1 aromatic carbocycles. The van der Waals surface area contributed by atoms with Gasteiger partial charge in [-0.15, -0.1) is 0 Å². The predicted molar refractivity (Wildman–Crippen MR) is 87.6 cm³/mol. The van der Waals surface area contributed by atoms with E-state index in [0.717, 1.165) is 22.3 Å². The van der Waals surface area contributed by atoms with E-state index in [0.29, 0.717) is 5.56 Å². The van der Waals surface area contributed by atoms with Gasteiger partial charge in [-0.3, -0.25) is 9.59 Å². The molecular weight excluding hydrogens is 360 g/mol. The molecule has 0 spiro atoms. The molecule has 1 aromatic rings. The first-order chi connectivity index (χ1) is 11.1. The lowest BCUT2D eigenvalue weighted by Gasteiger charge is -2.37. The molecular formula is C17H15BrN2O3. The number of halogens is 1. The second kappa shape index (κ2) is 5.30. The molecule has 23 heavy (non-hydrogen) atoms. The summed E-state index contributed by atoms with van der Waals surface area (Å²) >= 11 is 3.32. The average Bonchev–Trinajstić information content (AvgIpc) is 2.83. The van der Waals surface area contributed by atoms with E-state index < -0.39 is 0 Å². The molecule has 5 rings (SSSR count). The first-order valence-corrected chi connectivity index (χ1v) is 8.44. The first kappa shape index (κ1) is 14.6. The Labute approximate surface area is 141 Å². The standard InChI is InChI=1S/C17H15BrN2O3/c18-12-5-6-13(21)11(7-12)8-19-20-16(22)14-9-1-2-10(4-3-9)15(14)17(20)23/h1-2,5-10,14-15,21H,3-4H2/b19-8-/t9-,10-,14+,15+/m0/s1. The lowest BCUT2D eigenvalue weighted by molar-refractivity contribution is -0.140. The van der Waals surface area contributed by atoms with Crippen molar-refractivity contribution in [3.05, 3.63) is 40.4 Å². The van der Waals surface area contributed by atoms with Gasteiger partial charge in [0.1, 0.15) is 5.75 Å². The number of phenolic OH excluding ortho intramolecular Hbond substituents is 1. The smallest absolute Gasteiger partial charge is 0.254 e. The number of hydrazone groups is 1. The van der Waals surface area contributed by atoms with E-state index in [1.54, 1.807) is 12.1 Å². The van der Waals surface area contributed by atoms with Crippen molar-refractivity contribution in [2.24, 2.45) is 28.8 Å². The van der Waals surface area contributed by atoms with Gasteiger partial charge in [0.15, 0.2) is 0 Å². The van der Waals surface area contributed by atoms with E-state index in [4.69, 9.17) is 0 Å². The Bertz CT molecular complexity index is 726. The van der Waals surface area contributed by atoms with Crippen LogP contribution in [0.4, 0.5) is 0 Å². The minimum absolute atomic E-state index is 0.0511. The van der Waals surface area contributed by atoms with Crippen LogP contribution in [-0.2, 0) is 9.59 Å². The molecule has 0 radical (unpaired) electrons. The zero-order valence-corrected chi connectivity index (χ0v) is 13.8. The van der Waals surface area contributed by atoms with Crippen LogP contribution in [-0.4, -0.2) is 28.1 Å². The fourth-order valence-corrected chi connectivity index (χ4v) is 4.30. The molecule has 2 fully saturated rings. The number of phenols is 1. The van der Waals surface area contributed by atoms with Crippen LogP contribution in [0.2, 0.25) is 0 Å². The number of imide groups is 1. The highest BCUT2D eigenvalue weighted by Crippen LogP contribution is 2.49. The van der Waals surface area contributed by atoms with Crippen LogP contribution < -0.4 is 0 Å². The minimum Gasteiger partial charge on any atom is -0.507 e. The lowest BCUT2D eigenvalue weighted by atomic mass is 9.63. The molecule has 1 heterocycles. The highest BCUT2D eigenvalue weighted by Gasteiger charge is 2.56. The minimum atomic E-state index is -0.264. The largest absolute Gasteiger partial charge is 0.507 e. The Hall–Kier alpha value is -1.95. The fraction of sp³-hybridized carbons (Fsp3) is 0.353. The van der Waals surface area contributed by atoms with E-state index in [2.05, 4.69) is 33.2 Å². The summed E-state index contributed by atoms with van der Waals surface area (Å²) in [4.78, 5) is 25.2. The Morgan fingerprint density at radius 1 is 1.13 bits per heavy atom. The molecule has 0 unspecified atom stereocenters. The molecule has 1 saturated heterocycles. The molecule has 1 aliphatic heterocycles. The van der Waals surface area contributed by atoms with Crippen LogP contribution in [0.5, 0.6) is 5.75 Å². The molecule has 1 N–H and O–H groups in total. The molecule has 4 atom stereocenters. The van der Waals surface area contributed by atoms with E-state index in [1.165, 1.54) is 12.3 Å². The van der Waals surface area contributed by atoms with Crippen LogP contribution in [0, 0.1) is 23.7 Å². The van der Waals surface area contributed by atoms with E-state index in [-0.39, 0.29) is 41.2 Å². The molecule has 1 saturated carbocycles. The SMILES string of the molecule is O=C1[C@H]2[C@H](C(=O)N1/N=C\c1cc(Br)ccc1O)[C@H]1C=C[C@H]2CC1. The molecule has 2 amide bonds. The Morgan fingerprint density at radius 2 is 1.74 bits per heavy atom. The number of allylic oxidation sites excluding steroid dienone is 2. The molecule has 5 nitrogen and oxygen atoms in total. The number of amides is 2. The van der Waals surface area contributed by atoms with Crippen molar-refractivity contribution in [2.45, 2.75) is 12.8 Å². The number of carbonyl (C=O) groups excluding carboxylic acids is 2. The molecule has 2 bridgehead atoms. The van der Waals surface area contributed by atoms with Crippen molar-refractivity contribution < 1.29 is 14.7 Å². The third kappa shape index (κ3) is 2.24. The van der Waals surface area contributed by atoms with Gasteiger partial charge in [-0.05, 0) is 42.9 Å². The molecule has 3 aliphatic carbocycles. The third-order valence-electron chi connectivity index (χ3n) is 5.04. The van der Waals surface area contributed by atoms with Gasteiger partial charge >= 0.3 is 0 Å². The van der Waals surface area contributed by atoms with Crippen molar-refractivity contribution in [1.82, 2.24) is 5.01 Å². The number of hydrogen-bond acceptors (Lipinski definition) is 4. The van der Waals surface area contributed by atoms with Crippen LogP contribution in [0.15, 0.2) is 39.9 Å². The summed E-state index contributed by atoms with van der Waals surface area (Å²) in [5.41, 5.74) is 0.455. The number of hydrogen-bond donors (Lipinski definition) is 1. The van der Waals surface area contributed by atoms with Gasteiger partial charge in [0, 0.05) is 10.0 Å². The quantitative estimate of drug-likeness (QED) is 0.491. The van der Waals surface area contributed by atoms with E-state index in [9.17, 15) is 14.7 Å². The van der Waals surface area contributed by atoms with Crippen molar-refractivity contribution in [3.63, 3.8) is 0 Å². The lowest BCUT2D eigenvalue weighted by Crippen LogP contribution is -2.38. The number of rotatable bonds is 2. The van der Waals surface area contributed by atoms with E-state index >= 15 is 0 Å². The number of nitrogens with zero attached hydrogens (tertiary/aromatic N) is 2.